The maximum atomic E-state index is 12.4. The van der Waals surface area contributed by atoms with Gasteiger partial charge in [0.1, 0.15) is 17.7 Å². The Morgan fingerprint density at radius 1 is 0.962 bits per heavy atom. The van der Waals surface area contributed by atoms with E-state index in [4.69, 9.17) is 0 Å². The van der Waals surface area contributed by atoms with Crippen molar-refractivity contribution in [1.82, 2.24) is 25.1 Å². The van der Waals surface area contributed by atoms with Crippen LogP contribution in [0.3, 0.4) is 0 Å². The van der Waals surface area contributed by atoms with E-state index in [9.17, 15) is 9.59 Å². The Hall–Kier alpha value is -3.81. The molecule has 0 spiro atoms. The molecule has 0 bridgehead atoms. The summed E-state index contributed by atoms with van der Waals surface area (Å²) in [6.45, 7) is 0. The second kappa shape index (κ2) is 6.60. The summed E-state index contributed by atoms with van der Waals surface area (Å²) >= 11 is 0. The number of ketones is 1. The Morgan fingerprint density at radius 2 is 1.85 bits per heavy atom. The summed E-state index contributed by atoms with van der Waals surface area (Å²) < 4.78 is 0. The van der Waals surface area contributed by atoms with Crippen molar-refractivity contribution in [1.29, 1.82) is 0 Å². The molecule has 0 aromatic carbocycles. The molecule has 4 heterocycles. The van der Waals surface area contributed by atoms with Crippen LogP contribution in [0, 0.1) is 0 Å². The molecule has 0 saturated heterocycles. The molecule has 0 radical (unpaired) electrons. The Morgan fingerprint density at radius 3 is 2.62 bits per heavy atom. The highest BCUT2D eigenvalue weighted by atomic mass is 16.1. The summed E-state index contributed by atoms with van der Waals surface area (Å²) in [6.07, 6.45) is 7.67. The van der Waals surface area contributed by atoms with Gasteiger partial charge in [-0.2, -0.15) is 5.10 Å². The van der Waals surface area contributed by atoms with Crippen molar-refractivity contribution in [3.05, 3.63) is 65.1 Å². The molecule has 1 aliphatic heterocycles. The van der Waals surface area contributed by atoms with Gasteiger partial charge in [-0.15, -0.1) is 0 Å². The molecule has 0 fully saturated rings. The number of pyridine rings is 1. The lowest BCUT2D eigenvalue weighted by Gasteiger charge is -2.13. The smallest absolute Gasteiger partial charge is 0.272 e. The normalized spacial score (nSPS) is 13.5. The molecule has 0 atom stereocenters. The number of nitrogens with zero attached hydrogens (tertiary/aromatic N) is 5. The molecular weight excluding hydrogens is 332 g/mol. The highest BCUT2D eigenvalue weighted by Crippen LogP contribution is 2.33. The summed E-state index contributed by atoms with van der Waals surface area (Å²) in [5, 5.41) is 6.14. The molecule has 1 aliphatic rings. The van der Waals surface area contributed by atoms with Crippen LogP contribution in [0.15, 0.2) is 58.8 Å². The van der Waals surface area contributed by atoms with Gasteiger partial charge in [-0.3, -0.25) is 19.6 Å². The van der Waals surface area contributed by atoms with Crippen LogP contribution in [-0.2, 0) is 4.79 Å². The van der Waals surface area contributed by atoms with E-state index in [2.05, 4.69) is 30.1 Å². The zero-order valence-corrected chi connectivity index (χ0v) is 13.5. The van der Waals surface area contributed by atoms with Gasteiger partial charge >= 0.3 is 0 Å². The summed E-state index contributed by atoms with van der Waals surface area (Å²) in [6, 6.07) is 6.97. The lowest BCUT2D eigenvalue weighted by Crippen LogP contribution is -2.13. The zero-order valence-electron chi connectivity index (χ0n) is 13.5. The number of carbonyl (C=O) groups excluding carboxylic acids is 1. The molecule has 0 saturated carbocycles. The molecule has 26 heavy (non-hydrogen) atoms. The third-order valence-corrected chi connectivity index (χ3v) is 3.81. The van der Waals surface area contributed by atoms with E-state index < -0.39 is 5.56 Å². The monoisotopic (exact) mass is 344 g/mol. The van der Waals surface area contributed by atoms with Crippen LogP contribution >= 0.6 is 0 Å². The highest BCUT2D eigenvalue weighted by Gasteiger charge is 2.22. The van der Waals surface area contributed by atoms with Crippen LogP contribution in [0.4, 0.5) is 0 Å². The van der Waals surface area contributed by atoms with Crippen molar-refractivity contribution in [2.45, 2.75) is 6.42 Å². The van der Waals surface area contributed by atoms with E-state index in [1.807, 2.05) is 6.07 Å². The van der Waals surface area contributed by atoms with Gasteiger partial charge in [-0.25, -0.2) is 15.1 Å². The van der Waals surface area contributed by atoms with Crippen LogP contribution in [0.2, 0.25) is 0 Å². The molecule has 1 N–H and O–H groups in total. The van der Waals surface area contributed by atoms with Gasteiger partial charge in [-0.1, -0.05) is 6.07 Å². The topological polar surface area (TPSA) is 114 Å². The average molecular weight is 344 g/mol. The van der Waals surface area contributed by atoms with Crippen LogP contribution < -0.4 is 5.56 Å². The van der Waals surface area contributed by atoms with E-state index in [1.165, 1.54) is 24.8 Å². The quantitative estimate of drug-likeness (QED) is 0.773. The molecule has 4 rings (SSSR count). The van der Waals surface area contributed by atoms with Gasteiger partial charge in [0, 0.05) is 36.7 Å². The maximum Gasteiger partial charge on any atom is 0.272 e. The average Bonchev–Trinajstić information content (AvgIpc) is 2.69. The van der Waals surface area contributed by atoms with Crippen LogP contribution in [-0.4, -0.2) is 37.1 Å². The first kappa shape index (κ1) is 15.7. The summed E-state index contributed by atoms with van der Waals surface area (Å²) in [7, 11) is 0. The van der Waals surface area contributed by atoms with Crippen molar-refractivity contribution in [2.24, 2.45) is 4.99 Å². The zero-order chi connectivity index (χ0) is 17.9. The van der Waals surface area contributed by atoms with Crippen LogP contribution in [0.1, 0.15) is 12.1 Å². The molecule has 3 aromatic heterocycles. The molecular formula is C18H12N6O2. The summed E-state index contributed by atoms with van der Waals surface area (Å²) in [5.74, 6) is -0.0809. The largest absolute Gasteiger partial charge is 0.294 e. The van der Waals surface area contributed by atoms with Crippen LogP contribution in [0.25, 0.3) is 28.2 Å². The van der Waals surface area contributed by atoms with Gasteiger partial charge in [0.2, 0.25) is 0 Å². The predicted molar refractivity (Wildman–Crippen MR) is 95.2 cm³/mol. The molecule has 3 aromatic rings. The lowest BCUT2D eigenvalue weighted by molar-refractivity contribution is -0.113. The number of H-pyrrole nitrogens is 1. The second-order valence-electron chi connectivity index (χ2n) is 5.47. The molecule has 0 amide bonds. The molecule has 126 valence electrons. The first-order valence-corrected chi connectivity index (χ1v) is 7.82. The summed E-state index contributed by atoms with van der Waals surface area (Å²) in [5.41, 5.74) is 2.20. The van der Waals surface area contributed by atoms with Crippen molar-refractivity contribution in [3.63, 3.8) is 0 Å². The van der Waals surface area contributed by atoms with E-state index in [-0.39, 0.29) is 12.2 Å². The van der Waals surface area contributed by atoms with Gasteiger partial charge < -0.3 is 0 Å². The first-order chi connectivity index (χ1) is 12.7. The predicted octanol–water partition coefficient (Wildman–Crippen LogP) is 1.67. The number of aromatic nitrogens is 5. The van der Waals surface area contributed by atoms with Gasteiger partial charge in [0.05, 0.1) is 17.0 Å². The maximum absolute atomic E-state index is 12.4. The molecule has 8 nitrogen and oxygen atoms in total. The third-order valence-electron chi connectivity index (χ3n) is 3.81. The fourth-order valence-corrected chi connectivity index (χ4v) is 2.68. The lowest BCUT2D eigenvalue weighted by atomic mass is 9.98. The number of nitrogens with one attached hydrogen (secondary N) is 1. The van der Waals surface area contributed by atoms with E-state index >= 15 is 0 Å². The van der Waals surface area contributed by atoms with Crippen molar-refractivity contribution in [2.75, 3.05) is 0 Å². The second-order valence-corrected chi connectivity index (χ2v) is 5.47. The Balaban J connectivity index is 2.05. The van der Waals surface area contributed by atoms with Crippen molar-refractivity contribution in [3.8, 4) is 22.5 Å². The number of aliphatic imine (C=N–C) groups is 1. The Bertz CT molecular complexity index is 1100. The molecule has 0 aliphatic carbocycles. The number of allylic oxidation sites excluding steroid dienone is 1. The first-order valence-electron chi connectivity index (χ1n) is 7.82. The van der Waals surface area contributed by atoms with Gasteiger partial charge in [0.25, 0.3) is 5.56 Å². The minimum Gasteiger partial charge on any atom is -0.294 e. The minimum absolute atomic E-state index is 0.0809. The van der Waals surface area contributed by atoms with Gasteiger partial charge in [-0.05, 0) is 18.2 Å². The SMILES string of the molecule is O=C1C=C(c2ncnc(-c3ccccn3)c2-c2ccn[nH]c2=O)N=CC1. The number of rotatable bonds is 3. The molecule has 0 unspecified atom stereocenters. The van der Waals surface area contributed by atoms with Crippen molar-refractivity contribution < 1.29 is 4.79 Å². The van der Waals surface area contributed by atoms with Gasteiger partial charge in [0.15, 0.2) is 5.78 Å². The van der Waals surface area contributed by atoms with E-state index in [0.717, 1.165) is 0 Å². The van der Waals surface area contributed by atoms with E-state index in [0.29, 0.717) is 33.9 Å². The number of hydrogen-bond donors (Lipinski definition) is 1. The number of hydrogen-bond acceptors (Lipinski definition) is 7. The minimum atomic E-state index is -0.396. The Kier molecular flexibility index (Phi) is 3.98. The third kappa shape index (κ3) is 2.84. The summed E-state index contributed by atoms with van der Waals surface area (Å²) in [4.78, 5) is 41.4. The number of carbonyl (C=O) groups is 1. The van der Waals surface area contributed by atoms with Crippen LogP contribution in [0.5, 0.6) is 0 Å². The number of aromatic amines is 1. The van der Waals surface area contributed by atoms with E-state index in [1.54, 1.807) is 24.4 Å². The highest BCUT2D eigenvalue weighted by molar-refractivity contribution is 6.08. The fraction of sp³-hybridized carbons (Fsp3) is 0.0556. The van der Waals surface area contributed by atoms with Crippen molar-refractivity contribution >= 4 is 17.7 Å². The standard InChI is InChI=1S/C18H12N6O2/c25-11-4-7-20-14(9-11)17-15(12-5-8-23-24-18(12)26)16(21-10-22-17)13-3-1-2-6-19-13/h1-3,5-10H,4H2,(H,24,26). The molecule has 8 heteroatoms. The fourth-order valence-electron chi connectivity index (χ4n) is 2.68. The Labute approximate surface area is 147 Å².